The van der Waals surface area contributed by atoms with Crippen molar-refractivity contribution in [1.29, 1.82) is 0 Å². The van der Waals surface area contributed by atoms with Gasteiger partial charge in [0.05, 0.1) is 19.9 Å². The lowest BCUT2D eigenvalue weighted by molar-refractivity contribution is 0.0691. The Labute approximate surface area is 139 Å². The summed E-state index contributed by atoms with van der Waals surface area (Å²) in [5.74, 6) is 0.498. The summed E-state index contributed by atoms with van der Waals surface area (Å²) in [5, 5.41) is 9.31. The minimum Gasteiger partial charge on any atom is -0.497 e. The van der Waals surface area contributed by atoms with Gasteiger partial charge in [0.1, 0.15) is 17.2 Å². The van der Waals surface area contributed by atoms with Gasteiger partial charge in [0, 0.05) is 5.56 Å². The molecule has 0 atom stereocenters. The number of hydrogen-bond donors (Lipinski definition) is 2. The summed E-state index contributed by atoms with van der Waals surface area (Å²) < 4.78 is 10.3. The zero-order valence-electron chi connectivity index (χ0n) is 13.4. The molecule has 122 valence electrons. The lowest BCUT2D eigenvalue weighted by Crippen LogP contribution is -1.95. The number of carboxylic acid groups (broad SMARTS) is 1. The lowest BCUT2D eigenvalue weighted by Gasteiger charge is -2.07. The average Bonchev–Trinajstić information content (AvgIpc) is 3.07. The Bertz CT molecular complexity index is 783. The second-order valence-electron chi connectivity index (χ2n) is 5.23. The zero-order valence-corrected chi connectivity index (χ0v) is 13.4. The molecule has 1 heterocycles. The van der Waals surface area contributed by atoms with Crippen LogP contribution in [0.4, 0.5) is 0 Å². The standard InChI is InChI=1S/C19H17NO4/c1-23-14-7-3-12(4-8-14)16-11-17(19(21)22)20-18(16)13-5-9-15(24-2)10-6-13/h3-11,20H,1-2H3,(H,21,22). The Morgan fingerprint density at radius 2 is 1.38 bits per heavy atom. The maximum absolute atomic E-state index is 11.4. The highest BCUT2D eigenvalue weighted by Crippen LogP contribution is 2.34. The van der Waals surface area contributed by atoms with E-state index in [1.54, 1.807) is 20.3 Å². The summed E-state index contributed by atoms with van der Waals surface area (Å²) in [6.07, 6.45) is 0. The van der Waals surface area contributed by atoms with Crippen molar-refractivity contribution < 1.29 is 19.4 Å². The number of aromatic nitrogens is 1. The van der Waals surface area contributed by atoms with Gasteiger partial charge in [0.15, 0.2) is 0 Å². The molecule has 3 aromatic rings. The van der Waals surface area contributed by atoms with E-state index < -0.39 is 5.97 Å². The Hall–Kier alpha value is -3.21. The number of nitrogens with one attached hydrogen (secondary N) is 1. The van der Waals surface area contributed by atoms with Crippen LogP contribution in [0.25, 0.3) is 22.4 Å². The molecule has 0 unspecified atom stereocenters. The van der Waals surface area contributed by atoms with Gasteiger partial charge in [0.2, 0.25) is 0 Å². The molecule has 0 amide bonds. The Morgan fingerprint density at radius 1 is 0.875 bits per heavy atom. The van der Waals surface area contributed by atoms with Crippen molar-refractivity contribution in [2.75, 3.05) is 14.2 Å². The van der Waals surface area contributed by atoms with Gasteiger partial charge >= 0.3 is 5.97 Å². The highest BCUT2D eigenvalue weighted by atomic mass is 16.5. The first-order valence-corrected chi connectivity index (χ1v) is 7.37. The number of aromatic carboxylic acids is 1. The number of aromatic amines is 1. The summed E-state index contributed by atoms with van der Waals surface area (Å²) in [5.41, 5.74) is 3.51. The van der Waals surface area contributed by atoms with Crippen molar-refractivity contribution in [2.45, 2.75) is 0 Å². The predicted octanol–water partition coefficient (Wildman–Crippen LogP) is 4.06. The molecule has 24 heavy (non-hydrogen) atoms. The van der Waals surface area contributed by atoms with Crippen molar-refractivity contribution >= 4 is 5.97 Å². The van der Waals surface area contributed by atoms with Crippen LogP contribution in [-0.2, 0) is 0 Å². The van der Waals surface area contributed by atoms with Crippen LogP contribution < -0.4 is 9.47 Å². The average molecular weight is 323 g/mol. The number of benzene rings is 2. The molecule has 0 fully saturated rings. The summed E-state index contributed by atoms with van der Waals surface area (Å²) in [4.78, 5) is 14.3. The van der Waals surface area contributed by atoms with Crippen LogP contribution >= 0.6 is 0 Å². The van der Waals surface area contributed by atoms with E-state index in [1.807, 2.05) is 48.5 Å². The number of carboxylic acids is 1. The normalized spacial score (nSPS) is 10.4. The van der Waals surface area contributed by atoms with E-state index in [0.717, 1.165) is 33.9 Å². The van der Waals surface area contributed by atoms with Crippen molar-refractivity contribution in [3.05, 3.63) is 60.3 Å². The van der Waals surface area contributed by atoms with Gasteiger partial charge in [0.25, 0.3) is 0 Å². The number of H-pyrrole nitrogens is 1. The van der Waals surface area contributed by atoms with Gasteiger partial charge in [-0.05, 0) is 53.6 Å². The number of ether oxygens (including phenoxy) is 2. The monoisotopic (exact) mass is 323 g/mol. The molecule has 5 nitrogen and oxygen atoms in total. The maximum atomic E-state index is 11.4. The third-order valence-electron chi connectivity index (χ3n) is 3.83. The van der Waals surface area contributed by atoms with Gasteiger partial charge < -0.3 is 19.6 Å². The molecule has 0 spiro atoms. The molecule has 0 aliphatic heterocycles. The smallest absolute Gasteiger partial charge is 0.352 e. The molecule has 0 bridgehead atoms. The number of hydrogen-bond acceptors (Lipinski definition) is 3. The molecule has 0 radical (unpaired) electrons. The summed E-state index contributed by atoms with van der Waals surface area (Å²) in [7, 11) is 3.21. The van der Waals surface area contributed by atoms with Crippen molar-refractivity contribution in [3.63, 3.8) is 0 Å². The van der Waals surface area contributed by atoms with Gasteiger partial charge in [-0.2, -0.15) is 0 Å². The Morgan fingerprint density at radius 3 is 1.83 bits per heavy atom. The fourth-order valence-electron chi connectivity index (χ4n) is 2.55. The number of rotatable bonds is 5. The highest BCUT2D eigenvalue weighted by Gasteiger charge is 2.16. The summed E-state index contributed by atoms with van der Waals surface area (Å²) >= 11 is 0. The minimum atomic E-state index is -0.996. The van der Waals surface area contributed by atoms with E-state index in [9.17, 15) is 9.90 Å². The first-order valence-electron chi connectivity index (χ1n) is 7.37. The van der Waals surface area contributed by atoms with Gasteiger partial charge in [-0.15, -0.1) is 0 Å². The van der Waals surface area contributed by atoms with E-state index in [2.05, 4.69) is 4.98 Å². The van der Waals surface area contributed by atoms with Crippen LogP contribution in [0.15, 0.2) is 54.6 Å². The summed E-state index contributed by atoms with van der Waals surface area (Å²) in [6.45, 7) is 0. The molecule has 5 heteroatoms. The minimum absolute atomic E-state index is 0.145. The van der Waals surface area contributed by atoms with Crippen LogP contribution in [-0.4, -0.2) is 30.3 Å². The fraction of sp³-hybridized carbons (Fsp3) is 0.105. The third-order valence-corrected chi connectivity index (χ3v) is 3.83. The maximum Gasteiger partial charge on any atom is 0.352 e. The molecule has 2 aromatic carbocycles. The first kappa shape index (κ1) is 15.7. The van der Waals surface area contributed by atoms with E-state index in [-0.39, 0.29) is 5.69 Å². The Kier molecular flexibility index (Phi) is 4.24. The lowest BCUT2D eigenvalue weighted by atomic mass is 10.0. The van der Waals surface area contributed by atoms with Crippen LogP contribution in [0.2, 0.25) is 0 Å². The Balaban J connectivity index is 2.10. The summed E-state index contributed by atoms with van der Waals surface area (Å²) in [6, 6.07) is 16.6. The van der Waals surface area contributed by atoms with Gasteiger partial charge in [-0.25, -0.2) is 4.79 Å². The van der Waals surface area contributed by atoms with Crippen LogP contribution in [0.5, 0.6) is 11.5 Å². The zero-order chi connectivity index (χ0) is 17.1. The van der Waals surface area contributed by atoms with E-state index in [1.165, 1.54) is 0 Å². The van der Waals surface area contributed by atoms with Crippen LogP contribution in [0, 0.1) is 0 Å². The molecular weight excluding hydrogens is 306 g/mol. The van der Waals surface area contributed by atoms with E-state index in [0.29, 0.717) is 0 Å². The van der Waals surface area contributed by atoms with Crippen molar-refractivity contribution in [1.82, 2.24) is 4.98 Å². The van der Waals surface area contributed by atoms with E-state index >= 15 is 0 Å². The fourth-order valence-corrected chi connectivity index (χ4v) is 2.55. The van der Waals surface area contributed by atoms with Crippen molar-refractivity contribution in [3.8, 4) is 33.9 Å². The van der Waals surface area contributed by atoms with Gasteiger partial charge in [-0.3, -0.25) is 0 Å². The van der Waals surface area contributed by atoms with Crippen LogP contribution in [0.3, 0.4) is 0 Å². The quantitative estimate of drug-likeness (QED) is 0.742. The first-order chi connectivity index (χ1) is 11.6. The SMILES string of the molecule is COc1ccc(-c2cc(C(=O)O)[nH]c2-c2ccc(OC)cc2)cc1. The molecule has 0 saturated carbocycles. The third kappa shape index (κ3) is 2.96. The number of methoxy groups -OCH3 is 2. The molecule has 1 aromatic heterocycles. The van der Waals surface area contributed by atoms with Gasteiger partial charge in [-0.1, -0.05) is 12.1 Å². The second kappa shape index (κ2) is 6.50. The van der Waals surface area contributed by atoms with Crippen LogP contribution in [0.1, 0.15) is 10.5 Å². The second-order valence-corrected chi connectivity index (χ2v) is 5.23. The molecule has 2 N–H and O–H groups in total. The highest BCUT2D eigenvalue weighted by molar-refractivity contribution is 5.92. The molecule has 0 aliphatic rings. The molecule has 3 rings (SSSR count). The van der Waals surface area contributed by atoms with E-state index in [4.69, 9.17) is 9.47 Å². The molecular formula is C19H17NO4. The largest absolute Gasteiger partial charge is 0.497 e. The molecule has 0 saturated heterocycles. The van der Waals surface area contributed by atoms with Crippen molar-refractivity contribution in [2.24, 2.45) is 0 Å². The number of carbonyl (C=O) groups is 1. The topological polar surface area (TPSA) is 71.5 Å². The molecule has 0 aliphatic carbocycles. The predicted molar refractivity (Wildman–Crippen MR) is 91.7 cm³/mol.